The first kappa shape index (κ1) is 18.3. The first-order chi connectivity index (χ1) is 12.5. The van der Waals surface area contributed by atoms with E-state index >= 15 is 0 Å². The summed E-state index contributed by atoms with van der Waals surface area (Å²) in [4.78, 5) is 25.7. The van der Waals surface area contributed by atoms with E-state index in [9.17, 15) is 14.0 Å². The number of amides is 1. The molecular weight excluding hydrogens is 401 g/mol. The van der Waals surface area contributed by atoms with Gasteiger partial charge < -0.3 is 9.64 Å². The van der Waals surface area contributed by atoms with E-state index in [1.807, 2.05) is 18.2 Å². The molecule has 0 radical (unpaired) electrons. The second-order valence-corrected chi connectivity index (χ2v) is 6.86. The summed E-state index contributed by atoms with van der Waals surface area (Å²) in [7, 11) is 0. The fraction of sp³-hybridized carbons (Fsp3) is 0.200. The molecule has 4 nitrogen and oxygen atoms in total. The summed E-state index contributed by atoms with van der Waals surface area (Å²) < 4.78 is 19.3. The van der Waals surface area contributed by atoms with E-state index < -0.39 is 11.8 Å². The van der Waals surface area contributed by atoms with Gasteiger partial charge in [-0.3, -0.25) is 4.79 Å². The summed E-state index contributed by atoms with van der Waals surface area (Å²) in [6.07, 6.45) is 3.23. The number of carbonyl (C=O) groups excluding carboxylic acids is 2. The lowest BCUT2D eigenvalue weighted by Crippen LogP contribution is -2.38. The van der Waals surface area contributed by atoms with E-state index in [0.717, 1.165) is 18.1 Å². The molecule has 0 aromatic heterocycles. The Morgan fingerprint density at radius 1 is 1.19 bits per heavy atom. The summed E-state index contributed by atoms with van der Waals surface area (Å²) in [5, 5.41) is 0. The van der Waals surface area contributed by atoms with Crippen molar-refractivity contribution in [1.82, 2.24) is 4.90 Å². The molecule has 0 fully saturated rings. The summed E-state index contributed by atoms with van der Waals surface area (Å²) in [6.45, 7) is 0.796. The van der Waals surface area contributed by atoms with Crippen LogP contribution in [0.2, 0.25) is 0 Å². The molecule has 0 bridgehead atoms. The molecule has 26 heavy (non-hydrogen) atoms. The third kappa shape index (κ3) is 4.58. The van der Waals surface area contributed by atoms with Crippen molar-refractivity contribution < 1.29 is 18.7 Å². The molecule has 134 valence electrons. The average Bonchev–Trinajstić information content (AvgIpc) is 2.66. The predicted octanol–water partition coefficient (Wildman–Crippen LogP) is 3.73. The lowest BCUT2D eigenvalue weighted by Gasteiger charge is -2.28. The SMILES string of the molecule is O=C(/C=C/c1cc(Br)ccc1F)OCC(=O)N1CCc2ccccc2C1. The highest BCUT2D eigenvalue weighted by Gasteiger charge is 2.20. The third-order valence-corrected chi connectivity index (χ3v) is 4.67. The quantitative estimate of drug-likeness (QED) is 0.562. The van der Waals surface area contributed by atoms with Crippen molar-refractivity contribution in [3.8, 4) is 0 Å². The van der Waals surface area contributed by atoms with Crippen LogP contribution >= 0.6 is 15.9 Å². The van der Waals surface area contributed by atoms with Crippen molar-refractivity contribution in [2.24, 2.45) is 0 Å². The Bertz CT molecular complexity index is 866. The fourth-order valence-corrected chi connectivity index (χ4v) is 3.16. The predicted molar refractivity (Wildman–Crippen MR) is 99.7 cm³/mol. The summed E-state index contributed by atoms with van der Waals surface area (Å²) in [5.41, 5.74) is 2.62. The van der Waals surface area contributed by atoms with E-state index in [1.54, 1.807) is 17.0 Å². The molecule has 2 aromatic carbocycles. The molecule has 0 saturated heterocycles. The Labute approximate surface area is 159 Å². The van der Waals surface area contributed by atoms with Crippen LogP contribution in [0.5, 0.6) is 0 Å². The van der Waals surface area contributed by atoms with Gasteiger partial charge in [0.15, 0.2) is 6.61 Å². The zero-order valence-corrected chi connectivity index (χ0v) is 15.5. The standard InChI is InChI=1S/C20H17BrFNO3/c21-17-6-7-18(22)15(11-17)5-8-20(25)26-13-19(24)23-10-9-14-3-1-2-4-16(14)12-23/h1-8,11H,9-10,12-13H2/b8-5+. The number of ether oxygens (including phenoxy) is 1. The topological polar surface area (TPSA) is 46.6 Å². The lowest BCUT2D eigenvalue weighted by atomic mass is 10.00. The van der Waals surface area contributed by atoms with Gasteiger partial charge >= 0.3 is 5.97 Å². The van der Waals surface area contributed by atoms with Crippen molar-refractivity contribution in [2.45, 2.75) is 13.0 Å². The summed E-state index contributed by atoms with van der Waals surface area (Å²) >= 11 is 3.24. The molecule has 6 heteroatoms. The van der Waals surface area contributed by atoms with Crippen LogP contribution in [0.3, 0.4) is 0 Å². The number of nitrogens with zero attached hydrogens (tertiary/aromatic N) is 1. The highest BCUT2D eigenvalue weighted by Crippen LogP contribution is 2.19. The molecule has 0 atom stereocenters. The highest BCUT2D eigenvalue weighted by molar-refractivity contribution is 9.10. The van der Waals surface area contributed by atoms with Crippen LogP contribution in [-0.2, 0) is 27.3 Å². The lowest BCUT2D eigenvalue weighted by molar-refractivity contribution is -0.148. The molecule has 0 unspecified atom stereocenters. The molecule has 1 aliphatic heterocycles. The van der Waals surface area contributed by atoms with Gasteiger partial charge in [-0.05, 0) is 41.8 Å². The molecule has 1 amide bonds. The molecule has 0 saturated carbocycles. The minimum atomic E-state index is -0.685. The Morgan fingerprint density at radius 2 is 1.96 bits per heavy atom. The van der Waals surface area contributed by atoms with Gasteiger partial charge in [-0.25, -0.2) is 9.18 Å². The van der Waals surface area contributed by atoms with Crippen LogP contribution in [0.1, 0.15) is 16.7 Å². The Balaban J connectivity index is 1.52. The smallest absolute Gasteiger partial charge is 0.331 e. The van der Waals surface area contributed by atoms with Crippen molar-refractivity contribution >= 4 is 33.9 Å². The minimum Gasteiger partial charge on any atom is -0.452 e. The highest BCUT2D eigenvalue weighted by atomic mass is 79.9. The number of esters is 1. The van der Waals surface area contributed by atoms with Crippen molar-refractivity contribution in [2.75, 3.05) is 13.2 Å². The van der Waals surface area contributed by atoms with Gasteiger partial charge in [0.2, 0.25) is 0 Å². The fourth-order valence-electron chi connectivity index (χ4n) is 2.78. The van der Waals surface area contributed by atoms with Crippen LogP contribution in [0.25, 0.3) is 6.08 Å². The van der Waals surface area contributed by atoms with E-state index in [-0.39, 0.29) is 18.1 Å². The van der Waals surface area contributed by atoms with Gasteiger partial charge in [0.1, 0.15) is 5.82 Å². The van der Waals surface area contributed by atoms with Crippen LogP contribution in [0.4, 0.5) is 4.39 Å². The second-order valence-electron chi connectivity index (χ2n) is 5.94. The zero-order valence-electron chi connectivity index (χ0n) is 14.0. The number of rotatable bonds is 4. The van der Waals surface area contributed by atoms with Gasteiger partial charge in [0.05, 0.1) is 0 Å². The van der Waals surface area contributed by atoms with Crippen LogP contribution in [0, 0.1) is 5.82 Å². The van der Waals surface area contributed by atoms with Gasteiger partial charge in [-0.15, -0.1) is 0 Å². The molecule has 0 aliphatic carbocycles. The zero-order chi connectivity index (χ0) is 18.5. The Kier molecular flexibility index (Phi) is 5.83. The number of halogens is 2. The summed E-state index contributed by atoms with van der Waals surface area (Å²) in [6, 6.07) is 12.4. The second kappa shape index (κ2) is 8.27. The maximum absolute atomic E-state index is 13.6. The molecule has 0 N–H and O–H groups in total. The molecule has 1 aliphatic rings. The van der Waals surface area contributed by atoms with E-state index in [2.05, 4.69) is 22.0 Å². The Hall–Kier alpha value is -2.47. The van der Waals surface area contributed by atoms with Gasteiger partial charge in [0.25, 0.3) is 5.91 Å². The first-order valence-corrected chi connectivity index (χ1v) is 8.96. The number of hydrogen-bond donors (Lipinski definition) is 0. The Morgan fingerprint density at radius 3 is 2.77 bits per heavy atom. The minimum absolute atomic E-state index is 0.241. The van der Waals surface area contributed by atoms with Crippen LogP contribution in [-0.4, -0.2) is 29.9 Å². The van der Waals surface area contributed by atoms with Gasteiger partial charge in [-0.2, -0.15) is 0 Å². The largest absolute Gasteiger partial charge is 0.452 e. The maximum Gasteiger partial charge on any atom is 0.331 e. The number of benzene rings is 2. The molecule has 3 rings (SSSR count). The number of carbonyl (C=O) groups is 2. The van der Waals surface area contributed by atoms with Gasteiger partial charge in [0, 0.05) is 29.2 Å². The summed E-state index contributed by atoms with van der Waals surface area (Å²) in [5.74, 6) is -1.37. The number of hydrogen-bond acceptors (Lipinski definition) is 3. The van der Waals surface area contributed by atoms with Crippen molar-refractivity contribution in [3.05, 3.63) is 75.5 Å². The molecule has 2 aromatic rings. The first-order valence-electron chi connectivity index (χ1n) is 8.17. The van der Waals surface area contributed by atoms with E-state index in [1.165, 1.54) is 17.7 Å². The van der Waals surface area contributed by atoms with Gasteiger partial charge in [-0.1, -0.05) is 40.2 Å². The van der Waals surface area contributed by atoms with Crippen LogP contribution in [0.15, 0.2) is 53.0 Å². The van der Waals surface area contributed by atoms with E-state index in [4.69, 9.17) is 4.74 Å². The van der Waals surface area contributed by atoms with Crippen molar-refractivity contribution in [1.29, 1.82) is 0 Å². The molecule has 0 spiro atoms. The molecule has 1 heterocycles. The van der Waals surface area contributed by atoms with Crippen LogP contribution < -0.4 is 0 Å². The number of fused-ring (bicyclic) bond motifs is 1. The molecular formula is C20H17BrFNO3. The van der Waals surface area contributed by atoms with E-state index in [0.29, 0.717) is 17.6 Å². The van der Waals surface area contributed by atoms with Crippen molar-refractivity contribution in [3.63, 3.8) is 0 Å². The monoisotopic (exact) mass is 417 g/mol. The average molecular weight is 418 g/mol. The normalized spacial score (nSPS) is 13.5. The maximum atomic E-state index is 13.6. The third-order valence-electron chi connectivity index (χ3n) is 4.18.